The van der Waals surface area contributed by atoms with E-state index in [1.54, 1.807) is 14.0 Å². The van der Waals surface area contributed by atoms with Crippen molar-refractivity contribution in [3.8, 4) is 11.5 Å². The third-order valence-corrected chi connectivity index (χ3v) is 5.26. The first-order chi connectivity index (χ1) is 13.3. The summed E-state index contributed by atoms with van der Waals surface area (Å²) in [6.07, 6.45) is 1.74. The number of nitrogens with one attached hydrogen (secondary N) is 1. The van der Waals surface area contributed by atoms with Gasteiger partial charge in [0.1, 0.15) is 6.10 Å². The van der Waals surface area contributed by atoms with Crippen LogP contribution in [0.5, 0.6) is 11.5 Å². The third kappa shape index (κ3) is 3.36. The topological polar surface area (TPSA) is 74.7 Å². The van der Waals surface area contributed by atoms with Gasteiger partial charge in [-0.05, 0) is 51.8 Å². The minimum atomic E-state index is -0.721. The average Bonchev–Trinajstić information content (AvgIpc) is 3.02. The van der Waals surface area contributed by atoms with Crippen molar-refractivity contribution in [2.24, 2.45) is 0 Å². The number of rotatable bonds is 6. The molecule has 0 saturated carbocycles. The zero-order chi connectivity index (χ0) is 20.6. The molecule has 0 fully saturated rings. The van der Waals surface area contributed by atoms with Crippen LogP contribution in [0.1, 0.15) is 43.6 Å². The normalized spacial score (nSPS) is 13.7. The van der Waals surface area contributed by atoms with Crippen molar-refractivity contribution in [2.45, 2.75) is 46.3 Å². The summed E-state index contributed by atoms with van der Waals surface area (Å²) in [6, 6.07) is 6.20. The van der Waals surface area contributed by atoms with Gasteiger partial charge in [0.15, 0.2) is 11.5 Å². The summed E-state index contributed by atoms with van der Waals surface area (Å²) in [5.41, 5.74) is 5.65. The van der Waals surface area contributed by atoms with Crippen LogP contribution in [0.25, 0.3) is 21.8 Å². The van der Waals surface area contributed by atoms with Gasteiger partial charge in [0.05, 0.1) is 24.1 Å². The fourth-order valence-corrected chi connectivity index (χ4v) is 3.90. The SMILES string of the molecule is COc1c(C)c(C(OC)[C@@H](C)O)c2[nH]c3ccc(CC=C(C)C)cc3c2c1O. The minimum absolute atomic E-state index is 0.102. The van der Waals surface area contributed by atoms with Crippen LogP contribution in [-0.4, -0.2) is 35.5 Å². The van der Waals surface area contributed by atoms with Crippen LogP contribution >= 0.6 is 0 Å². The molecular weight excluding hydrogens is 354 g/mol. The Bertz CT molecular complexity index is 1040. The second-order valence-corrected chi connectivity index (χ2v) is 7.56. The number of methoxy groups -OCH3 is 2. The molecule has 0 aliphatic rings. The fourth-order valence-electron chi connectivity index (χ4n) is 3.90. The number of aromatic nitrogens is 1. The Labute approximate surface area is 165 Å². The molecule has 0 aliphatic heterocycles. The van der Waals surface area contributed by atoms with Crippen LogP contribution in [0.3, 0.4) is 0 Å². The van der Waals surface area contributed by atoms with E-state index in [-0.39, 0.29) is 5.75 Å². The molecule has 5 heteroatoms. The van der Waals surface area contributed by atoms with Crippen LogP contribution in [0.15, 0.2) is 29.8 Å². The Morgan fingerprint density at radius 2 is 1.96 bits per heavy atom. The van der Waals surface area contributed by atoms with E-state index in [0.29, 0.717) is 11.1 Å². The fraction of sp³-hybridized carbons (Fsp3) is 0.391. The van der Waals surface area contributed by atoms with Gasteiger partial charge in [-0.15, -0.1) is 0 Å². The Morgan fingerprint density at radius 1 is 1.25 bits per heavy atom. The van der Waals surface area contributed by atoms with Gasteiger partial charge < -0.3 is 24.7 Å². The van der Waals surface area contributed by atoms with E-state index in [2.05, 4.69) is 37.0 Å². The molecule has 28 heavy (non-hydrogen) atoms. The molecule has 0 spiro atoms. The summed E-state index contributed by atoms with van der Waals surface area (Å²) < 4.78 is 11.1. The van der Waals surface area contributed by atoms with E-state index in [1.807, 2.05) is 13.0 Å². The van der Waals surface area contributed by atoms with Crippen molar-refractivity contribution in [1.82, 2.24) is 4.98 Å². The Balaban J connectivity index is 2.38. The van der Waals surface area contributed by atoms with Gasteiger partial charge in [-0.2, -0.15) is 0 Å². The van der Waals surface area contributed by atoms with Gasteiger partial charge in [-0.3, -0.25) is 0 Å². The average molecular weight is 383 g/mol. The van der Waals surface area contributed by atoms with E-state index in [0.717, 1.165) is 39.5 Å². The summed E-state index contributed by atoms with van der Waals surface area (Å²) in [6.45, 7) is 7.72. The highest BCUT2D eigenvalue weighted by atomic mass is 16.5. The standard InChI is InChI=1S/C23H29NO4/c1-12(2)7-8-15-9-10-17-16(11-15)19-20(24-17)18(23(28-6)14(4)25)13(3)22(27-5)21(19)26/h7,9-11,14,23-26H,8H2,1-6H3/t14-,23?/m1/s1. The van der Waals surface area contributed by atoms with E-state index in [4.69, 9.17) is 9.47 Å². The van der Waals surface area contributed by atoms with Crippen LogP contribution < -0.4 is 4.74 Å². The van der Waals surface area contributed by atoms with E-state index < -0.39 is 12.2 Å². The molecule has 0 bridgehead atoms. The molecule has 3 N–H and O–H groups in total. The number of phenols is 1. The number of aromatic amines is 1. The molecule has 2 aromatic carbocycles. The zero-order valence-electron chi connectivity index (χ0n) is 17.4. The number of aromatic hydroxyl groups is 1. The summed E-state index contributed by atoms with van der Waals surface area (Å²) in [5, 5.41) is 22.9. The Kier molecular flexibility index (Phi) is 5.68. The smallest absolute Gasteiger partial charge is 0.168 e. The lowest BCUT2D eigenvalue weighted by atomic mass is 9.94. The van der Waals surface area contributed by atoms with Crippen molar-refractivity contribution in [3.63, 3.8) is 0 Å². The number of aliphatic hydroxyl groups is 1. The first-order valence-corrected chi connectivity index (χ1v) is 9.48. The summed E-state index contributed by atoms with van der Waals surface area (Å²) in [7, 11) is 3.11. The van der Waals surface area contributed by atoms with Crippen LogP contribution in [-0.2, 0) is 11.2 Å². The van der Waals surface area contributed by atoms with E-state index in [1.165, 1.54) is 12.7 Å². The predicted octanol–water partition coefficient (Wildman–Crippen LogP) is 4.92. The van der Waals surface area contributed by atoms with Gasteiger partial charge in [0.2, 0.25) is 0 Å². The molecule has 3 aromatic rings. The predicted molar refractivity (Wildman–Crippen MR) is 113 cm³/mol. The number of ether oxygens (including phenoxy) is 2. The van der Waals surface area contributed by atoms with Gasteiger partial charge >= 0.3 is 0 Å². The second kappa shape index (κ2) is 7.86. The maximum absolute atomic E-state index is 11.0. The maximum atomic E-state index is 11.0. The van der Waals surface area contributed by atoms with Gasteiger partial charge in [0.25, 0.3) is 0 Å². The highest BCUT2D eigenvalue weighted by Gasteiger charge is 2.28. The molecule has 0 amide bonds. The first-order valence-electron chi connectivity index (χ1n) is 9.48. The summed E-state index contributed by atoms with van der Waals surface area (Å²) >= 11 is 0. The molecule has 3 rings (SSSR count). The summed E-state index contributed by atoms with van der Waals surface area (Å²) in [4.78, 5) is 3.42. The molecule has 2 atom stereocenters. The number of hydrogen-bond acceptors (Lipinski definition) is 4. The minimum Gasteiger partial charge on any atom is -0.504 e. The molecule has 0 saturated heterocycles. The van der Waals surface area contributed by atoms with Crippen LogP contribution in [0.2, 0.25) is 0 Å². The lowest BCUT2D eigenvalue weighted by molar-refractivity contribution is -0.00318. The van der Waals surface area contributed by atoms with E-state index >= 15 is 0 Å². The molecule has 1 heterocycles. The number of benzene rings is 2. The molecule has 150 valence electrons. The van der Waals surface area contributed by atoms with Gasteiger partial charge in [-0.1, -0.05) is 17.7 Å². The lowest BCUT2D eigenvalue weighted by Gasteiger charge is -2.23. The van der Waals surface area contributed by atoms with Crippen LogP contribution in [0, 0.1) is 6.92 Å². The lowest BCUT2D eigenvalue weighted by Crippen LogP contribution is -2.18. The molecule has 0 aliphatic carbocycles. The van der Waals surface area contributed by atoms with Crippen molar-refractivity contribution in [2.75, 3.05) is 14.2 Å². The van der Waals surface area contributed by atoms with Crippen molar-refractivity contribution < 1.29 is 19.7 Å². The monoisotopic (exact) mass is 383 g/mol. The zero-order valence-corrected chi connectivity index (χ0v) is 17.4. The number of aliphatic hydroxyl groups excluding tert-OH is 1. The molecule has 1 aromatic heterocycles. The van der Waals surface area contributed by atoms with E-state index in [9.17, 15) is 10.2 Å². The Morgan fingerprint density at radius 3 is 2.54 bits per heavy atom. The van der Waals surface area contributed by atoms with Crippen molar-refractivity contribution >= 4 is 21.8 Å². The Hall–Kier alpha value is -2.50. The second-order valence-electron chi connectivity index (χ2n) is 7.56. The summed E-state index contributed by atoms with van der Waals surface area (Å²) in [5.74, 6) is 0.505. The number of phenolic OH excluding ortho intramolecular Hbond substituents is 1. The molecule has 5 nitrogen and oxygen atoms in total. The highest BCUT2D eigenvalue weighted by Crippen LogP contribution is 2.46. The number of hydrogen-bond donors (Lipinski definition) is 3. The van der Waals surface area contributed by atoms with Gasteiger partial charge in [0, 0.05) is 29.1 Å². The largest absolute Gasteiger partial charge is 0.504 e. The number of allylic oxidation sites excluding steroid dienone is 2. The van der Waals surface area contributed by atoms with Crippen LogP contribution in [0.4, 0.5) is 0 Å². The van der Waals surface area contributed by atoms with Gasteiger partial charge in [-0.25, -0.2) is 0 Å². The quantitative estimate of drug-likeness (QED) is 0.528. The maximum Gasteiger partial charge on any atom is 0.168 e. The molecule has 0 radical (unpaired) electrons. The molecule has 1 unspecified atom stereocenters. The highest BCUT2D eigenvalue weighted by molar-refractivity contribution is 6.13. The third-order valence-electron chi connectivity index (χ3n) is 5.26. The van der Waals surface area contributed by atoms with Crippen molar-refractivity contribution in [1.29, 1.82) is 0 Å². The molecular formula is C23H29NO4. The number of H-pyrrole nitrogens is 1. The number of fused-ring (bicyclic) bond motifs is 3. The van der Waals surface area contributed by atoms with Crippen molar-refractivity contribution in [3.05, 3.63) is 46.5 Å². The first kappa shape index (κ1) is 20.2.